The summed E-state index contributed by atoms with van der Waals surface area (Å²) >= 11 is 0. The number of ether oxygens (including phenoxy) is 2. The Morgan fingerprint density at radius 1 is 1.11 bits per heavy atom. The largest absolute Gasteiger partial charge is 0.454 e. The fraction of sp³-hybridized carbons (Fsp3) is 0.211. The Labute approximate surface area is 159 Å². The highest BCUT2D eigenvalue weighted by Crippen LogP contribution is 2.33. The number of carbonyl (C=O) groups is 1. The lowest BCUT2D eigenvalue weighted by Crippen LogP contribution is -2.47. The van der Waals surface area contributed by atoms with E-state index in [4.69, 9.17) is 14.0 Å². The predicted octanol–water partition coefficient (Wildman–Crippen LogP) is 1.89. The van der Waals surface area contributed by atoms with Gasteiger partial charge in [-0.1, -0.05) is 11.2 Å². The van der Waals surface area contributed by atoms with Crippen LogP contribution in [0.2, 0.25) is 0 Å². The van der Waals surface area contributed by atoms with Gasteiger partial charge >= 0.3 is 0 Å². The number of hydrogen-bond donors (Lipinski definition) is 0. The first-order chi connectivity index (χ1) is 13.8. The molecule has 4 heterocycles. The molecular formula is C19H15N5O4. The van der Waals surface area contributed by atoms with Crippen molar-refractivity contribution < 1.29 is 18.8 Å². The van der Waals surface area contributed by atoms with Crippen LogP contribution in [0.4, 0.5) is 0 Å². The van der Waals surface area contributed by atoms with E-state index < -0.39 is 0 Å². The van der Waals surface area contributed by atoms with Gasteiger partial charge in [0.05, 0.1) is 5.92 Å². The lowest BCUT2D eigenvalue weighted by Gasteiger charge is -2.36. The number of likely N-dealkylation sites (tertiary alicyclic amines) is 1. The lowest BCUT2D eigenvalue weighted by molar-refractivity contribution is -0.130. The molecule has 0 unspecified atom stereocenters. The standard InChI is InChI=1S/C19H15N5O4/c25-16(5-3-12-2-4-14-15(8-12)27-11-26-14)24-9-13(10-24)19-22-18(23-28-19)17-20-6-1-7-21-17/h1-8,13H,9-11H2/b5-3+. The van der Waals surface area contributed by atoms with E-state index in [-0.39, 0.29) is 18.6 Å². The highest BCUT2D eigenvalue weighted by atomic mass is 16.7. The van der Waals surface area contributed by atoms with Crippen LogP contribution in [0.25, 0.3) is 17.7 Å². The number of benzene rings is 1. The van der Waals surface area contributed by atoms with Gasteiger partial charge in [-0.15, -0.1) is 0 Å². The molecule has 0 atom stereocenters. The van der Waals surface area contributed by atoms with E-state index in [2.05, 4.69) is 20.1 Å². The van der Waals surface area contributed by atoms with E-state index in [0.717, 1.165) is 5.56 Å². The van der Waals surface area contributed by atoms with Gasteiger partial charge in [0.25, 0.3) is 0 Å². The molecule has 140 valence electrons. The second-order valence-corrected chi connectivity index (χ2v) is 6.41. The molecule has 0 spiro atoms. The van der Waals surface area contributed by atoms with E-state index in [1.54, 1.807) is 35.5 Å². The van der Waals surface area contributed by atoms with Gasteiger partial charge in [-0.05, 0) is 29.8 Å². The molecule has 9 heteroatoms. The molecule has 9 nitrogen and oxygen atoms in total. The predicted molar refractivity (Wildman–Crippen MR) is 96.2 cm³/mol. The summed E-state index contributed by atoms with van der Waals surface area (Å²) in [7, 11) is 0. The zero-order valence-corrected chi connectivity index (χ0v) is 14.7. The maximum absolute atomic E-state index is 12.3. The molecule has 0 radical (unpaired) electrons. The molecule has 0 saturated carbocycles. The molecule has 5 rings (SSSR count). The number of rotatable bonds is 4. The number of aromatic nitrogens is 4. The van der Waals surface area contributed by atoms with E-state index in [0.29, 0.717) is 42.1 Å². The van der Waals surface area contributed by atoms with Gasteiger partial charge in [-0.25, -0.2) is 9.97 Å². The first-order valence-corrected chi connectivity index (χ1v) is 8.74. The summed E-state index contributed by atoms with van der Waals surface area (Å²) in [6.07, 6.45) is 6.54. The summed E-state index contributed by atoms with van der Waals surface area (Å²) in [5.74, 6) is 2.61. The minimum Gasteiger partial charge on any atom is -0.454 e. The molecule has 28 heavy (non-hydrogen) atoms. The Morgan fingerprint density at radius 3 is 2.79 bits per heavy atom. The Morgan fingerprint density at radius 2 is 1.93 bits per heavy atom. The zero-order valence-electron chi connectivity index (χ0n) is 14.7. The molecule has 1 saturated heterocycles. The van der Waals surface area contributed by atoms with Crippen LogP contribution in [0, 0.1) is 0 Å². The highest BCUT2D eigenvalue weighted by molar-refractivity contribution is 5.92. The quantitative estimate of drug-likeness (QED) is 0.635. The molecule has 1 amide bonds. The third kappa shape index (κ3) is 3.07. The SMILES string of the molecule is O=C(/C=C/c1ccc2c(c1)OCO2)N1CC(c2nc(-c3ncccn3)no2)C1. The van der Waals surface area contributed by atoms with Crippen molar-refractivity contribution in [3.05, 3.63) is 54.2 Å². The maximum Gasteiger partial charge on any atom is 0.246 e. The van der Waals surface area contributed by atoms with Gasteiger partial charge in [-0.3, -0.25) is 4.79 Å². The topological polar surface area (TPSA) is 103 Å². The summed E-state index contributed by atoms with van der Waals surface area (Å²) in [5, 5.41) is 3.91. The summed E-state index contributed by atoms with van der Waals surface area (Å²) in [4.78, 5) is 26.6. The Balaban J connectivity index is 1.19. The lowest BCUT2D eigenvalue weighted by atomic mass is 10.00. The first kappa shape index (κ1) is 16.4. The third-order valence-corrected chi connectivity index (χ3v) is 4.56. The van der Waals surface area contributed by atoms with Crippen LogP contribution in [0.15, 0.2) is 47.3 Å². The molecule has 0 aliphatic carbocycles. The van der Waals surface area contributed by atoms with Crippen LogP contribution in [0.1, 0.15) is 17.4 Å². The first-order valence-electron chi connectivity index (χ1n) is 8.74. The maximum atomic E-state index is 12.3. The van der Waals surface area contributed by atoms with Gasteiger partial charge in [-0.2, -0.15) is 4.98 Å². The molecule has 2 aliphatic heterocycles. The van der Waals surface area contributed by atoms with E-state index >= 15 is 0 Å². The van der Waals surface area contributed by atoms with Crippen molar-refractivity contribution in [2.45, 2.75) is 5.92 Å². The molecule has 0 N–H and O–H groups in total. The zero-order chi connectivity index (χ0) is 18.9. The fourth-order valence-corrected chi connectivity index (χ4v) is 3.01. The van der Waals surface area contributed by atoms with Crippen LogP contribution in [0.5, 0.6) is 11.5 Å². The van der Waals surface area contributed by atoms with Gasteiger partial charge < -0.3 is 18.9 Å². The van der Waals surface area contributed by atoms with Crippen molar-refractivity contribution in [1.82, 2.24) is 25.0 Å². The fourth-order valence-electron chi connectivity index (χ4n) is 3.01. The number of amides is 1. The molecule has 0 bridgehead atoms. The Bertz CT molecular complexity index is 1040. The van der Waals surface area contributed by atoms with Crippen molar-refractivity contribution in [2.75, 3.05) is 19.9 Å². The Kier molecular flexibility index (Phi) is 3.97. The number of nitrogens with zero attached hydrogens (tertiary/aromatic N) is 5. The molecule has 1 aromatic carbocycles. The minimum absolute atomic E-state index is 0.0212. The average molecular weight is 377 g/mol. The molecule has 1 fully saturated rings. The van der Waals surface area contributed by atoms with Crippen molar-refractivity contribution in [3.8, 4) is 23.1 Å². The second kappa shape index (κ2) is 6.76. The smallest absolute Gasteiger partial charge is 0.246 e. The third-order valence-electron chi connectivity index (χ3n) is 4.56. The van der Waals surface area contributed by atoms with E-state index in [1.807, 2.05) is 18.2 Å². The summed E-state index contributed by atoms with van der Waals surface area (Å²) in [6.45, 7) is 1.29. The molecule has 3 aromatic rings. The van der Waals surface area contributed by atoms with Gasteiger partial charge in [0.1, 0.15) is 0 Å². The monoisotopic (exact) mass is 377 g/mol. The molecular weight excluding hydrogens is 362 g/mol. The molecule has 2 aromatic heterocycles. The van der Waals surface area contributed by atoms with Crippen molar-refractivity contribution in [3.63, 3.8) is 0 Å². The van der Waals surface area contributed by atoms with Crippen LogP contribution in [0.3, 0.4) is 0 Å². The second-order valence-electron chi connectivity index (χ2n) is 6.41. The molecule has 2 aliphatic rings. The van der Waals surface area contributed by atoms with Crippen LogP contribution >= 0.6 is 0 Å². The summed E-state index contributed by atoms with van der Waals surface area (Å²) in [6, 6.07) is 7.27. The van der Waals surface area contributed by atoms with Crippen molar-refractivity contribution >= 4 is 12.0 Å². The van der Waals surface area contributed by atoms with Gasteiger partial charge in [0, 0.05) is 31.6 Å². The van der Waals surface area contributed by atoms with Gasteiger partial charge in [0.15, 0.2) is 11.5 Å². The van der Waals surface area contributed by atoms with E-state index in [9.17, 15) is 4.79 Å². The van der Waals surface area contributed by atoms with Crippen LogP contribution in [-0.2, 0) is 4.79 Å². The summed E-state index contributed by atoms with van der Waals surface area (Å²) in [5.41, 5.74) is 0.874. The van der Waals surface area contributed by atoms with Gasteiger partial charge in [0.2, 0.25) is 30.2 Å². The van der Waals surface area contributed by atoms with Crippen molar-refractivity contribution in [1.29, 1.82) is 0 Å². The normalized spacial score (nSPS) is 15.8. The number of fused-ring (bicyclic) bond motifs is 1. The minimum atomic E-state index is -0.0694. The Hall–Kier alpha value is -3.75. The number of hydrogen-bond acceptors (Lipinski definition) is 8. The van der Waals surface area contributed by atoms with Crippen LogP contribution < -0.4 is 9.47 Å². The highest BCUT2D eigenvalue weighted by Gasteiger charge is 2.35. The van der Waals surface area contributed by atoms with Crippen molar-refractivity contribution in [2.24, 2.45) is 0 Å². The van der Waals surface area contributed by atoms with E-state index in [1.165, 1.54) is 0 Å². The average Bonchev–Trinajstić information content (AvgIpc) is 3.35. The number of carbonyl (C=O) groups excluding carboxylic acids is 1. The van der Waals surface area contributed by atoms with Crippen LogP contribution in [-0.4, -0.2) is 50.8 Å². The summed E-state index contributed by atoms with van der Waals surface area (Å²) < 4.78 is 15.9.